The van der Waals surface area contributed by atoms with Gasteiger partial charge in [-0.1, -0.05) is 0 Å². The summed E-state index contributed by atoms with van der Waals surface area (Å²) in [6.45, 7) is 0.0232. The molecule has 0 radical (unpaired) electrons. The molecule has 0 unspecified atom stereocenters. The molecule has 5 rings (SSSR count). The van der Waals surface area contributed by atoms with Gasteiger partial charge in [0.2, 0.25) is 5.91 Å². The molecule has 4 aliphatic carbocycles. The maximum Gasteiger partial charge on any atom is 0.230 e. The van der Waals surface area contributed by atoms with Crippen LogP contribution in [0.2, 0.25) is 0 Å². The van der Waals surface area contributed by atoms with Crippen molar-refractivity contribution in [2.75, 3.05) is 11.9 Å². The Morgan fingerprint density at radius 3 is 2.50 bits per heavy atom. The van der Waals surface area contributed by atoms with Crippen LogP contribution < -0.4 is 10.1 Å². The van der Waals surface area contributed by atoms with Gasteiger partial charge in [0.05, 0.1) is 5.41 Å². The van der Waals surface area contributed by atoms with Crippen molar-refractivity contribution in [1.82, 2.24) is 0 Å². The quantitative estimate of drug-likeness (QED) is 0.836. The van der Waals surface area contributed by atoms with Gasteiger partial charge in [0, 0.05) is 10.6 Å². The number of benzene rings is 1. The van der Waals surface area contributed by atoms with Crippen LogP contribution in [0, 0.1) is 28.6 Å². The third-order valence-electron chi connectivity index (χ3n) is 5.89. The Bertz CT molecular complexity index is 680. The van der Waals surface area contributed by atoms with Crippen molar-refractivity contribution in [2.45, 2.75) is 43.4 Å². The zero-order valence-corrected chi connectivity index (χ0v) is 14.3. The van der Waals surface area contributed by atoms with Crippen molar-refractivity contribution >= 4 is 23.2 Å². The number of rotatable bonds is 4. The summed E-state index contributed by atoms with van der Waals surface area (Å²) in [7, 11) is 0. The van der Waals surface area contributed by atoms with Gasteiger partial charge in [-0.15, -0.1) is 11.6 Å². The molecule has 1 N–H and O–H groups in total. The molecule has 24 heavy (non-hydrogen) atoms. The lowest BCUT2D eigenvalue weighted by Gasteiger charge is -2.59. The first-order valence-electron chi connectivity index (χ1n) is 8.61. The highest BCUT2D eigenvalue weighted by Crippen LogP contribution is 2.64. The van der Waals surface area contributed by atoms with Gasteiger partial charge < -0.3 is 10.1 Å². The van der Waals surface area contributed by atoms with E-state index in [1.54, 1.807) is 12.1 Å². The summed E-state index contributed by atoms with van der Waals surface area (Å²) in [6.07, 6.45) is 6.16. The summed E-state index contributed by atoms with van der Waals surface area (Å²) in [4.78, 5) is 12.9. The molecule has 0 heterocycles. The first-order chi connectivity index (χ1) is 11.5. The maximum absolute atomic E-state index is 13.0. The summed E-state index contributed by atoms with van der Waals surface area (Å²) in [5, 5.41) is 11.6. The summed E-state index contributed by atoms with van der Waals surface area (Å²) in [5.41, 5.74) is 0.477. The molecule has 4 fully saturated rings. The van der Waals surface area contributed by atoms with Crippen LogP contribution in [0.5, 0.6) is 5.75 Å². The van der Waals surface area contributed by atoms with E-state index in [-0.39, 0.29) is 22.8 Å². The van der Waals surface area contributed by atoms with Crippen LogP contribution in [-0.4, -0.2) is 17.4 Å². The smallest absolute Gasteiger partial charge is 0.230 e. The van der Waals surface area contributed by atoms with Crippen LogP contribution in [-0.2, 0) is 4.79 Å². The fourth-order valence-electron chi connectivity index (χ4n) is 5.43. The van der Waals surface area contributed by atoms with Crippen molar-refractivity contribution in [3.63, 3.8) is 0 Å². The van der Waals surface area contributed by atoms with Gasteiger partial charge in [-0.3, -0.25) is 4.79 Å². The minimum atomic E-state index is -0.290. The fraction of sp³-hybridized carbons (Fsp3) is 0.579. The zero-order chi connectivity index (χ0) is 16.8. The van der Waals surface area contributed by atoms with Crippen LogP contribution >= 0.6 is 11.6 Å². The minimum absolute atomic E-state index is 0.0232. The summed E-state index contributed by atoms with van der Waals surface area (Å²) < 4.78 is 5.24. The predicted octanol–water partition coefficient (Wildman–Crippen LogP) is 4.11. The molecule has 2 atom stereocenters. The maximum atomic E-state index is 13.0. The Morgan fingerprint density at radius 2 is 1.92 bits per heavy atom. The molecule has 0 aromatic heterocycles. The van der Waals surface area contributed by atoms with Crippen LogP contribution in [0.15, 0.2) is 24.3 Å². The van der Waals surface area contributed by atoms with E-state index in [1.807, 2.05) is 18.2 Å². The standard InChI is InChI=1S/C19H21ClN2O2/c20-19-10-13-7-14(11-19)9-18(8-13,12-19)17(23)22-15-1-3-16(4-2-15)24-6-5-21/h1-4,13-14H,6-12H2,(H,22,23)/t13-,14-,18?,19?/m1/s1. The van der Waals surface area contributed by atoms with E-state index in [0.717, 1.165) is 37.8 Å². The molecule has 1 amide bonds. The number of nitrogens with zero attached hydrogens (tertiary/aromatic N) is 1. The van der Waals surface area contributed by atoms with Crippen LogP contribution in [0.3, 0.4) is 0 Å². The van der Waals surface area contributed by atoms with E-state index in [2.05, 4.69) is 5.32 Å². The monoisotopic (exact) mass is 344 g/mol. The topological polar surface area (TPSA) is 62.1 Å². The number of anilines is 1. The lowest BCUT2D eigenvalue weighted by molar-refractivity contribution is -0.138. The van der Waals surface area contributed by atoms with Crippen molar-refractivity contribution in [3.8, 4) is 11.8 Å². The number of hydrogen-bond donors (Lipinski definition) is 1. The molecule has 1 aromatic carbocycles. The number of alkyl halides is 1. The SMILES string of the molecule is N#CCOc1ccc(NC(=O)C23C[C@H]4C[C@@H](CC(Cl)(C4)C2)C3)cc1. The Balaban J connectivity index is 1.47. The predicted molar refractivity (Wildman–Crippen MR) is 91.9 cm³/mol. The molecule has 4 aliphatic rings. The van der Waals surface area contributed by atoms with Crippen molar-refractivity contribution in [2.24, 2.45) is 17.3 Å². The molecule has 4 saturated carbocycles. The summed E-state index contributed by atoms with van der Waals surface area (Å²) in [6, 6.07) is 9.13. The molecule has 0 saturated heterocycles. The molecular weight excluding hydrogens is 324 g/mol. The Morgan fingerprint density at radius 1 is 1.25 bits per heavy atom. The van der Waals surface area contributed by atoms with Crippen LogP contribution in [0.1, 0.15) is 38.5 Å². The number of carbonyl (C=O) groups excluding carboxylic acids is 1. The average molecular weight is 345 g/mol. The highest BCUT2D eigenvalue weighted by Gasteiger charge is 2.60. The molecule has 4 bridgehead atoms. The number of halogens is 1. The highest BCUT2D eigenvalue weighted by atomic mass is 35.5. The molecule has 1 aromatic rings. The van der Waals surface area contributed by atoms with Crippen LogP contribution in [0.4, 0.5) is 5.69 Å². The van der Waals surface area contributed by atoms with Crippen molar-refractivity contribution in [1.29, 1.82) is 5.26 Å². The van der Waals surface area contributed by atoms with Gasteiger partial charge >= 0.3 is 0 Å². The normalized spacial score (nSPS) is 36.2. The van der Waals surface area contributed by atoms with Gasteiger partial charge in [0.1, 0.15) is 11.8 Å². The first kappa shape index (κ1) is 15.8. The lowest BCUT2D eigenvalue weighted by atomic mass is 9.49. The van der Waals surface area contributed by atoms with Crippen molar-refractivity contribution < 1.29 is 9.53 Å². The number of carbonyl (C=O) groups is 1. The second kappa shape index (κ2) is 5.67. The van der Waals surface area contributed by atoms with Gasteiger partial charge in [0.25, 0.3) is 0 Å². The van der Waals surface area contributed by atoms with E-state index in [4.69, 9.17) is 21.6 Å². The van der Waals surface area contributed by atoms with Gasteiger partial charge in [-0.05, 0) is 74.6 Å². The molecule has 126 valence electrons. The Kier molecular flexibility index (Phi) is 3.73. The number of amides is 1. The largest absolute Gasteiger partial charge is 0.479 e. The molecule has 4 nitrogen and oxygen atoms in total. The second-order valence-corrected chi connectivity index (χ2v) is 8.62. The number of hydrogen-bond acceptors (Lipinski definition) is 3. The fourth-order valence-corrected chi connectivity index (χ4v) is 6.12. The van der Waals surface area contributed by atoms with E-state index >= 15 is 0 Å². The van der Waals surface area contributed by atoms with Gasteiger partial charge in [0.15, 0.2) is 6.61 Å². The lowest BCUT2D eigenvalue weighted by Crippen LogP contribution is -2.57. The third-order valence-corrected chi connectivity index (χ3v) is 6.33. The van der Waals surface area contributed by atoms with E-state index < -0.39 is 0 Å². The number of nitriles is 1. The zero-order valence-electron chi connectivity index (χ0n) is 13.6. The van der Waals surface area contributed by atoms with E-state index in [9.17, 15) is 4.79 Å². The van der Waals surface area contributed by atoms with E-state index in [0.29, 0.717) is 17.6 Å². The number of ether oxygens (including phenoxy) is 1. The van der Waals surface area contributed by atoms with Gasteiger partial charge in [-0.2, -0.15) is 5.26 Å². The minimum Gasteiger partial charge on any atom is -0.479 e. The Hall–Kier alpha value is -1.73. The molecule has 0 spiro atoms. The van der Waals surface area contributed by atoms with E-state index in [1.165, 1.54) is 6.42 Å². The highest BCUT2D eigenvalue weighted by molar-refractivity contribution is 6.24. The first-order valence-corrected chi connectivity index (χ1v) is 8.98. The molecule has 5 heteroatoms. The Labute approximate surface area is 147 Å². The number of nitrogens with one attached hydrogen (secondary N) is 1. The molecular formula is C19H21ClN2O2. The summed E-state index contributed by atoms with van der Waals surface area (Å²) >= 11 is 6.81. The second-order valence-electron chi connectivity index (χ2n) is 7.82. The van der Waals surface area contributed by atoms with Crippen LogP contribution in [0.25, 0.3) is 0 Å². The average Bonchev–Trinajstić information content (AvgIpc) is 2.52. The summed E-state index contributed by atoms with van der Waals surface area (Å²) in [5.74, 6) is 1.96. The third kappa shape index (κ3) is 2.75. The molecule has 0 aliphatic heterocycles. The van der Waals surface area contributed by atoms with Gasteiger partial charge in [-0.25, -0.2) is 0 Å². The van der Waals surface area contributed by atoms with Crippen molar-refractivity contribution in [3.05, 3.63) is 24.3 Å².